The quantitative estimate of drug-likeness (QED) is 0.613. The largest absolute Gasteiger partial charge is 0.411 e. The SMILES string of the molecule is C=C1/C(=C/Br)CC(O[Si](C)(C)C(C)(C)C)C2OC(C)(C)OC12. The van der Waals surface area contributed by atoms with E-state index in [0.29, 0.717) is 0 Å². The van der Waals surface area contributed by atoms with Crippen molar-refractivity contribution in [1.29, 1.82) is 0 Å². The maximum absolute atomic E-state index is 6.66. The molecular formula is C17H29BrO3Si. The molecule has 0 aromatic heterocycles. The molecule has 22 heavy (non-hydrogen) atoms. The average Bonchev–Trinajstić information content (AvgIpc) is 2.67. The molecule has 5 heteroatoms. The van der Waals surface area contributed by atoms with E-state index in [4.69, 9.17) is 13.9 Å². The predicted molar refractivity (Wildman–Crippen MR) is 96.7 cm³/mol. The van der Waals surface area contributed by atoms with Crippen LogP contribution < -0.4 is 0 Å². The molecule has 0 N–H and O–H groups in total. The fourth-order valence-corrected chi connectivity index (χ4v) is 4.56. The fourth-order valence-electron chi connectivity index (χ4n) is 2.76. The molecule has 0 bridgehead atoms. The Hall–Kier alpha value is 0.0569. The van der Waals surface area contributed by atoms with Crippen molar-refractivity contribution in [2.45, 2.75) is 83.3 Å². The fraction of sp³-hybridized carbons (Fsp3) is 0.765. The molecule has 0 aromatic carbocycles. The van der Waals surface area contributed by atoms with Crippen molar-refractivity contribution in [2.24, 2.45) is 0 Å². The molecule has 0 radical (unpaired) electrons. The molecule has 3 unspecified atom stereocenters. The second-order valence-corrected chi connectivity index (χ2v) is 13.5. The highest BCUT2D eigenvalue weighted by molar-refractivity contribution is 9.11. The van der Waals surface area contributed by atoms with Crippen molar-refractivity contribution in [1.82, 2.24) is 0 Å². The van der Waals surface area contributed by atoms with Gasteiger partial charge in [0.05, 0.1) is 6.10 Å². The molecule has 1 aliphatic heterocycles. The molecule has 0 spiro atoms. The average molecular weight is 389 g/mol. The highest BCUT2D eigenvalue weighted by Gasteiger charge is 2.52. The lowest BCUT2D eigenvalue weighted by molar-refractivity contribution is -0.151. The second kappa shape index (κ2) is 5.85. The number of ether oxygens (including phenoxy) is 2. The molecule has 2 aliphatic rings. The van der Waals surface area contributed by atoms with E-state index in [1.807, 2.05) is 18.8 Å². The van der Waals surface area contributed by atoms with Gasteiger partial charge in [0.1, 0.15) is 12.2 Å². The highest BCUT2D eigenvalue weighted by atomic mass is 79.9. The summed E-state index contributed by atoms with van der Waals surface area (Å²) in [7, 11) is -1.87. The van der Waals surface area contributed by atoms with Crippen molar-refractivity contribution in [3.8, 4) is 0 Å². The van der Waals surface area contributed by atoms with Crippen LogP contribution in [-0.4, -0.2) is 32.4 Å². The second-order valence-electron chi connectivity index (χ2n) is 8.30. The van der Waals surface area contributed by atoms with Crippen molar-refractivity contribution >= 4 is 24.2 Å². The Kier molecular flexibility index (Phi) is 4.89. The third kappa shape index (κ3) is 3.43. The first-order valence-electron chi connectivity index (χ1n) is 7.90. The summed E-state index contributed by atoms with van der Waals surface area (Å²) >= 11 is 3.46. The van der Waals surface area contributed by atoms with Gasteiger partial charge in [-0.2, -0.15) is 0 Å². The van der Waals surface area contributed by atoms with Crippen LogP contribution in [0, 0.1) is 0 Å². The summed E-state index contributed by atoms with van der Waals surface area (Å²) < 4.78 is 18.9. The van der Waals surface area contributed by atoms with Gasteiger partial charge in [-0.05, 0) is 48.1 Å². The smallest absolute Gasteiger partial charge is 0.192 e. The van der Waals surface area contributed by atoms with Crippen LogP contribution in [0.3, 0.4) is 0 Å². The Morgan fingerprint density at radius 3 is 2.41 bits per heavy atom. The number of hydrogen-bond donors (Lipinski definition) is 0. The lowest BCUT2D eigenvalue weighted by atomic mass is 9.85. The highest BCUT2D eigenvalue weighted by Crippen LogP contribution is 2.45. The molecule has 2 fully saturated rings. The van der Waals surface area contributed by atoms with Crippen molar-refractivity contribution in [3.05, 3.63) is 22.7 Å². The number of rotatable bonds is 2. The van der Waals surface area contributed by atoms with Crippen molar-refractivity contribution in [3.63, 3.8) is 0 Å². The standard InChI is InChI=1S/C17H29BrO3Si/c1-11-12(10-18)9-13(21-22(7,8)16(2,3)4)15-14(11)19-17(5,6)20-15/h10,13-15H,1,9H2,2-8H3/b12-10+. The van der Waals surface area contributed by atoms with Gasteiger partial charge in [-0.1, -0.05) is 43.3 Å². The molecular weight excluding hydrogens is 360 g/mol. The van der Waals surface area contributed by atoms with E-state index >= 15 is 0 Å². The minimum absolute atomic E-state index is 0.0157. The van der Waals surface area contributed by atoms with Gasteiger partial charge in [-0.15, -0.1) is 0 Å². The molecule has 1 saturated carbocycles. The lowest BCUT2D eigenvalue weighted by Crippen LogP contribution is -2.51. The molecule has 0 aromatic rings. The number of fused-ring (bicyclic) bond motifs is 1. The summed E-state index contributed by atoms with van der Waals surface area (Å²) in [6.07, 6.45) is 0.633. The van der Waals surface area contributed by atoms with Gasteiger partial charge >= 0.3 is 0 Å². The third-order valence-corrected chi connectivity index (χ3v) is 10.1. The van der Waals surface area contributed by atoms with E-state index in [1.54, 1.807) is 0 Å². The van der Waals surface area contributed by atoms with E-state index in [1.165, 1.54) is 0 Å². The maximum Gasteiger partial charge on any atom is 0.192 e. The zero-order chi connectivity index (χ0) is 16.9. The minimum Gasteiger partial charge on any atom is -0.411 e. The molecule has 1 aliphatic carbocycles. The summed E-state index contributed by atoms with van der Waals surface area (Å²) in [5.74, 6) is -0.588. The molecule has 1 heterocycles. The Morgan fingerprint density at radius 1 is 1.32 bits per heavy atom. The summed E-state index contributed by atoms with van der Waals surface area (Å²) in [6, 6.07) is 0. The molecule has 1 saturated heterocycles. The topological polar surface area (TPSA) is 27.7 Å². The molecule has 2 rings (SSSR count). The van der Waals surface area contributed by atoms with E-state index in [-0.39, 0.29) is 23.4 Å². The van der Waals surface area contributed by atoms with Crippen molar-refractivity contribution < 1.29 is 13.9 Å². The van der Waals surface area contributed by atoms with Gasteiger partial charge in [-0.3, -0.25) is 0 Å². The van der Waals surface area contributed by atoms with Gasteiger partial charge in [0.25, 0.3) is 0 Å². The van der Waals surface area contributed by atoms with Gasteiger partial charge in [-0.25, -0.2) is 0 Å². The van der Waals surface area contributed by atoms with Crippen LogP contribution in [0.5, 0.6) is 0 Å². The normalized spacial score (nSPS) is 34.1. The summed E-state index contributed by atoms with van der Waals surface area (Å²) in [6.45, 7) is 19.5. The lowest BCUT2D eigenvalue weighted by Gasteiger charge is -2.43. The zero-order valence-electron chi connectivity index (χ0n) is 14.8. The van der Waals surface area contributed by atoms with E-state index in [9.17, 15) is 0 Å². The minimum atomic E-state index is -1.87. The predicted octanol–water partition coefficient (Wildman–Crippen LogP) is 5.14. The van der Waals surface area contributed by atoms with Gasteiger partial charge in [0, 0.05) is 6.42 Å². The Bertz CT molecular complexity index is 491. The molecule has 126 valence electrons. The number of hydrogen-bond acceptors (Lipinski definition) is 3. The van der Waals surface area contributed by atoms with Crippen LogP contribution in [-0.2, 0) is 13.9 Å². The molecule has 3 atom stereocenters. The molecule has 0 amide bonds. The molecule has 3 nitrogen and oxygen atoms in total. The maximum atomic E-state index is 6.66. The monoisotopic (exact) mass is 388 g/mol. The summed E-state index contributed by atoms with van der Waals surface area (Å²) in [5.41, 5.74) is 2.16. The number of halogens is 1. The summed E-state index contributed by atoms with van der Waals surface area (Å²) in [4.78, 5) is 1.95. The first kappa shape index (κ1) is 18.4. The van der Waals surface area contributed by atoms with Crippen LogP contribution in [0.4, 0.5) is 0 Å². The van der Waals surface area contributed by atoms with Crippen LogP contribution in [0.25, 0.3) is 0 Å². The first-order valence-corrected chi connectivity index (χ1v) is 11.7. The van der Waals surface area contributed by atoms with Crippen LogP contribution in [0.2, 0.25) is 18.1 Å². The van der Waals surface area contributed by atoms with E-state index in [2.05, 4.69) is 56.4 Å². The Balaban J connectivity index is 2.29. The summed E-state index contributed by atoms with van der Waals surface area (Å²) in [5, 5.41) is 0.171. The Morgan fingerprint density at radius 2 is 1.91 bits per heavy atom. The van der Waals surface area contributed by atoms with E-state index < -0.39 is 14.1 Å². The van der Waals surface area contributed by atoms with E-state index in [0.717, 1.165) is 17.6 Å². The Labute approximate surface area is 144 Å². The van der Waals surface area contributed by atoms with Gasteiger partial charge < -0.3 is 13.9 Å². The van der Waals surface area contributed by atoms with Crippen molar-refractivity contribution in [2.75, 3.05) is 0 Å². The third-order valence-electron chi connectivity index (χ3n) is 5.06. The van der Waals surface area contributed by atoms with Crippen LogP contribution in [0.1, 0.15) is 41.0 Å². The first-order chi connectivity index (χ1) is 9.88. The van der Waals surface area contributed by atoms with Gasteiger partial charge in [0.2, 0.25) is 0 Å². The zero-order valence-corrected chi connectivity index (χ0v) is 17.4. The van der Waals surface area contributed by atoms with Crippen LogP contribution in [0.15, 0.2) is 22.7 Å². The van der Waals surface area contributed by atoms with Gasteiger partial charge in [0.15, 0.2) is 14.1 Å². The van der Waals surface area contributed by atoms with Crippen LogP contribution >= 0.6 is 15.9 Å².